The summed E-state index contributed by atoms with van der Waals surface area (Å²) in [4.78, 5) is 27.0. The van der Waals surface area contributed by atoms with Crippen molar-refractivity contribution >= 4 is 27.5 Å². The van der Waals surface area contributed by atoms with Gasteiger partial charge in [0.05, 0.1) is 10.6 Å². The zero-order valence-corrected chi connectivity index (χ0v) is 20.0. The predicted molar refractivity (Wildman–Crippen MR) is 128 cm³/mol. The van der Waals surface area contributed by atoms with E-state index < -0.39 is 46.1 Å². The minimum absolute atomic E-state index is 0.0541. The van der Waals surface area contributed by atoms with Gasteiger partial charge in [0, 0.05) is 13.6 Å². The molecule has 3 aromatic carbocycles. The number of nitrogens with zero attached hydrogens (tertiary/aromatic N) is 2. The van der Waals surface area contributed by atoms with Crippen LogP contribution in [-0.4, -0.2) is 44.8 Å². The van der Waals surface area contributed by atoms with Gasteiger partial charge in [0.15, 0.2) is 0 Å². The molecular weight excluding hydrogens is 476 g/mol. The summed E-state index contributed by atoms with van der Waals surface area (Å²) in [6.45, 7) is 0.802. The van der Waals surface area contributed by atoms with E-state index >= 15 is 0 Å². The molecule has 0 radical (unpaired) electrons. The van der Waals surface area contributed by atoms with Crippen LogP contribution in [0.25, 0.3) is 0 Å². The first-order valence-electron chi connectivity index (χ1n) is 10.7. The van der Waals surface area contributed by atoms with Crippen LogP contribution in [0.1, 0.15) is 12.5 Å². The Bertz CT molecular complexity index is 1270. The Morgan fingerprint density at radius 2 is 1.43 bits per heavy atom. The Hall–Kier alpha value is -3.79. The summed E-state index contributed by atoms with van der Waals surface area (Å²) in [5.74, 6) is -2.15. The fourth-order valence-electron chi connectivity index (χ4n) is 3.43. The molecule has 2 amide bonds. The molecule has 0 aromatic heterocycles. The van der Waals surface area contributed by atoms with E-state index in [0.29, 0.717) is 5.56 Å². The lowest BCUT2D eigenvalue weighted by atomic mass is 10.1. The zero-order valence-electron chi connectivity index (χ0n) is 19.2. The summed E-state index contributed by atoms with van der Waals surface area (Å²) in [6, 6.07) is 16.7. The molecule has 0 aliphatic carbocycles. The molecule has 1 N–H and O–H groups in total. The van der Waals surface area contributed by atoms with E-state index in [1.54, 1.807) is 18.2 Å². The van der Waals surface area contributed by atoms with Gasteiger partial charge in [-0.1, -0.05) is 30.3 Å². The molecule has 1 atom stereocenters. The number of likely N-dealkylation sites (N-methyl/N-ethyl adjacent to an activating group) is 1. The van der Waals surface area contributed by atoms with E-state index in [4.69, 9.17) is 0 Å². The van der Waals surface area contributed by atoms with Gasteiger partial charge < -0.3 is 10.2 Å². The van der Waals surface area contributed by atoms with Gasteiger partial charge in [0.2, 0.25) is 11.8 Å². The van der Waals surface area contributed by atoms with E-state index in [1.165, 1.54) is 67.4 Å². The molecule has 0 aliphatic rings. The maximum Gasteiger partial charge on any atom is 0.264 e. The fraction of sp³-hybridized carbons (Fsp3) is 0.200. The number of rotatable bonds is 9. The Morgan fingerprint density at radius 3 is 1.97 bits per heavy atom. The van der Waals surface area contributed by atoms with Crippen LogP contribution in [0.2, 0.25) is 0 Å². The van der Waals surface area contributed by atoms with Crippen molar-refractivity contribution < 1.29 is 26.8 Å². The minimum atomic E-state index is -4.21. The Kier molecular flexibility index (Phi) is 8.18. The maximum absolute atomic E-state index is 13.6. The lowest BCUT2D eigenvalue weighted by Crippen LogP contribution is -2.50. The highest BCUT2D eigenvalue weighted by atomic mass is 32.2. The molecular formula is C25H25F2N3O4S. The number of benzene rings is 3. The van der Waals surface area contributed by atoms with E-state index in [1.807, 2.05) is 0 Å². The van der Waals surface area contributed by atoms with E-state index in [9.17, 15) is 26.8 Å². The van der Waals surface area contributed by atoms with Crippen molar-refractivity contribution in [2.24, 2.45) is 0 Å². The molecule has 3 aromatic rings. The van der Waals surface area contributed by atoms with Crippen molar-refractivity contribution in [3.63, 3.8) is 0 Å². The number of carbonyl (C=O) groups excluding carboxylic acids is 2. The first-order valence-corrected chi connectivity index (χ1v) is 12.2. The third-order valence-electron chi connectivity index (χ3n) is 5.40. The third-order valence-corrected chi connectivity index (χ3v) is 7.19. The van der Waals surface area contributed by atoms with Gasteiger partial charge in [0.25, 0.3) is 10.0 Å². The molecule has 0 spiro atoms. The molecule has 0 heterocycles. The van der Waals surface area contributed by atoms with Gasteiger partial charge in [-0.05, 0) is 61.0 Å². The number of carbonyl (C=O) groups is 2. The smallest absolute Gasteiger partial charge is 0.264 e. The average Bonchev–Trinajstić information content (AvgIpc) is 2.87. The molecule has 0 bridgehead atoms. The fourth-order valence-corrected chi connectivity index (χ4v) is 4.87. The number of hydrogen-bond acceptors (Lipinski definition) is 4. The normalized spacial score (nSPS) is 12.0. The van der Waals surface area contributed by atoms with Crippen LogP contribution in [0, 0.1) is 11.6 Å². The van der Waals surface area contributed by atoms with Crippen LogP contribution >= 0.6 is 0 Å². The Morgan fingerprint density at radius 1 is 0.886 bits per heavy atom. The van der Waals surface area contributed by atoms with Gasteiger partial charge in [-0.2, -0.15) is 0 Å². The third kappa shape index (κ3) is 6.21. The van der Waals surface area contributed by atoms with Crippen LogP contribution in [0.5, 0.6) is 0 Å². The minimum Gasteiger partial charge on any atom is -0.357 e. The van der Waals surface area contributed by atoms with Crippen LogP contribution < -0.4 is 9.62 Å². The summed E-state index contributed by atoms with van der Waals surface area (Å²) >= 11 is 0. The molecule has 0 aliphatic heterocycles. The van der Waals surface area contributed by atoms with E-state index in [-0.39, 0.29) is 17.1 Å². The van der Waals surface area contributed by atoms with Gasteiger partial charge in [-0.15, -0.1) is 0 Å². The quantitative estimate of drug-likeness (QED) is 0.487. The molecule has 35 heavy (non-hydrogen) atoms. The topological polar surface area (TPSA) is 86.8 Å². The number of hydrogen-bond donors (Lipinski definition) is 1. The van der Waals surface area contributed by atoms with Crippen molar-refractivity contribution in [3.8, 4) is 0 Å². The number of halogens is 2. The largest absolute Gasteiger partial charge is 0.357 e. The molecule has 10 heteroatoms. The van der Waals surface area contributed by atoms with Gasteiger partial charge in [-0.25, -0.2) is 17.2 Å². The highest BCUT2D eigenvalue weighted by Crippen LogP contribution is 2.24. The predicted octanol–water partition coefficient (Wildman–Crippen LogP) is 3.32. The Labute approximate surface area is 203 Å². The summed E-state index contributed by atoms with van der Waals surface area (Å²) in [7, 11) is -2.79. The summed E-state index contributed by atoms with van der Waals surface area (Å²) in [5, 5.41) is 2.48. The van der Waals surface area contributed by atoms with E-state index in [0.717, 1.165) is 16.4 Å². The maximum atomic E-state index is 13.6. The van der Waals surface area contributed by atoms with Crippen molar-refractivity contribution in [1.82, 2.24) is 10.2 Å². The highest BCUT2D eigenvalue weighted by Gasteiger charge is 2.32. The number of anilines is 1. The second kappa shape index (κ2) is 11.1. The van der Waals surface area contributed by atoms with Crippen molar-refractivity contribution in [2.75, 3.05) is 17.9 Å². The van der Waals surface area contributed by atoms with Crippen molar-refractivity contribution in [3.05, 3.63) is 96.1 Å². The molecule has 3 rings (SSSR count). The van der Waals surface area contributed by atoms with Gasteiger partial charge >= 0.3 is 0 Å². The van der Waals surface area contributed by atoms with Gasteiger partial charge in [0.1, 0.15) is 24.2 Å². The second-order valence-electron chi connectivity index (χ2n) is 7.74. The summed E-state index contributed by atoms with van der Waals surface area (Å²) in [5.41, 5.74) is 0.632. The van der Waals surface area contributed by atoms with Crippen LogP contribution in [-0.2, 0) is 26.2 Å². The monoisotopic (exact) mass is 501 g/mol. The SMILES string of the molecule is CNC(=O)[C@H](C)N(Cc1ccc(F)cc1)C(=O)CN(c1ccc(F)cc1)S(=O)(=O)c1ccccc1. The number of amides is 2. The highest BCUT2D eigenvalue weighted by molar-refractivity contribution is 7.92. The zero-order chi connectivity index (χ0) is 25.6. The van der Waals surface area contributed by atoms with Crippen LogP contribution in [0.15, 0.2) is 83.8 Å². The number of nitrogens with one attached hydrogen (secondary N) is 1. The summed E-state index contributed by atoms with van der Waals surface area (Å²) < 4.78 is 54.7. The lowest BCUT2D eigenvalue weighted by Gasteiger charge is -2.31. The molecule has 0 saturated carbocycles. The lowest BCUT2D eigenvalue weighted by molar-refractivity contribution is -0.139. The number of sulfonamides is 1. The first-order chi connectivity index (χ1) is 16.6. The van der Waals surface area contributed by atoms with Crippen molar-refractivity contribution in [2.45, 2.75) is 24.4 Å². The molecule has 0 fully saturated rings. The first kappa shape index (κ1) is 25.8. The average molecular weight is 502 g/mol. The molecule has 0 unspecified atom stereocenters. The molecule has 0 saturated heterocycles. The van der Waals surface area contributed by atoms with Crippen molar-refractivity contribution in [1.29, 1.82) is 0 Å². The van der Waals surface area contributed by atoms with E-state index in [2.05, 4.69) is 5.32 Å². The molecule has 7 nitrogen and oxygen atoms in total. The van der Waals surface area contributed by atoms with Crippen LogP contribution in [0.4, 0.5) is 14.5 Å². The van der Waals surface area contributed by atoms with Crippen LogP contribution in [0.3, 0.4) is 0 Å². The van der Waals surface area contributed by atoms with Gasteiger partial charge in [-0.3, -0.25) is 13.9 Å². The summed E-state index contributed by atoms with van der Waals surface area (Å²) in [6.07, 6.45) is 0. The Balaban J connectivity index is 2.00. The standard InChI is InChI=1S/C25H25F2N3O4S/c1-18(25(32)28-2)29(16-19-8-10-20(26)11-9-19)24(31)17-30(22-14-12-21(27)13-15-22)35(33,34)23-6-4-3-5-7-23/h3-15,18H,16-17H2,1-2H3,(H,28,32)/t18-/m0/s1. The second-order valence-corrected chi connectivity index (χ2v) is 9.60. The molecule has 184 valence electrons.